The molecule has 0 aromatic rings. The van der Waals surface area contributed by atoms with Gasteiger partial charge in [-0.05, 0) is 18.3 Å². The number of hydrogen-bond donors (Lipinski definition) is 3. The maximum absolute atomic E-state index is 9.21. The Kier molecular flexibility index (Phi) is 2.55. The van der Waals surface area contributed by atoms with Crippen LogP contribution in [-0.2, 0) is 0 Å². The zero-order valence-electron chi connectivity index (χ0n) is 8.45. The van der Waals surface area contributed by atoms with E-state index in [1.165, 1.54) is 19.3 Å². The van der Waals surface area contributed by atoms with Crippen LogP contribution in [0.2, 0.25) is 0 Å². The van der Waals surface area contributed by atoms with E-state index in [0.29, 0.717) is 5.41 Å². The van der Waals surface area contributed by atoms with Crippen molar-refractivity contribution in [2.24, 2.45) is 5.41 Å². The average Bonchev–Trinajstić information content (AvgIpc) is 2.08. The fourth-order valence-corrected chi connectivity index (χ4v) is 2.54. The molecule has 0 unspecified atom stereocenters. The summed E-state index contributed by atoms with van der Waals surface area (Å²) in [4.78, 5) is 2.02. The van der Waals surface area contributed by atoms with Crippen LogP contribution in [0, 0.1) is 5.41 Å². The Balaban J connectivity index is 1.94. The van der Waals surface area contributed by atoms with Crippen LogP contribution in [0.5, 0.6) is 0 Å². The zero-order chi connectivity index (χ0) is 10.2. The Hall–Kier alpha value is -0.160. The summed E-state index contributed by atoms with van der Waals surface area (Å²) >= 11 is 0. The molecule has 0 amide bonds. The summed E-state index contributed by atoms with van der Waals surface area (Å²) in [5, 5.41) is 27.6. The minimum Gasteiger partial charge on any atom is -0.394 e. The van der Waals surface area contributed by atoms with Crippen molar-refractivity contribution in [3.8, 4) is 0 Å². The Bertz CT molecular complexity index is 195. The van der Waals surface area contributed by atoms with E-state index in [4.69, 9.17) is 0 Å². The van der Waals surface area contributed by atoms with Gasteiger partial charge in [0.25, 0.3) is 0 Å². The van der Waals surface area contributed by atoms with E-state index < -0.39 is 5.54 Å². The normalized spacial score (nSPS) is 25.9. The van der Waals surface area contributed by atoms with Crippen molar-refractivity contribution >= 4 is 0 Å². The van der Waals surface area contributed by atoms with Gasteiger partial charge >= 0.3 is 0 Å². The SMILES string of the molecule is OCC(CO)(CO)N1CC2(CCC2)C1. The first-order valence-electron chi connectivity index (χ1n) is 5.28. The Labute approximate surface area is 84.2 Å². The van der Waals surface area contributed by atoms with E-state index in [1.54, 1.807) is 0 Å². The summed E-state index contributed by atoms with van der Waals surface area (Å²) in [6.07, 6.45) is 3.84. The molecule has 1 saturated heterocycles. The number of hydrogen-bond acceptors (Lipinski definition) is 4. The maximum Gasteiger partial charge on any atom is 0.0906 e. The summed E-state index contributed by atoms with van der Waals surface area (Å²) < 4.78 is 0. The smallest absolute Gasteiger partial charge is 0.0906 e. The first-order valence-corrected chi connectivity index (χ1v) is 5.28. The van der Waals surface area contributed by atoms with Crippen molar-refractivity contribution in [3.63, 3.8) is 0 Å². The molecular formula is C10H19NO3. The van der Waals surface area contributed by atoms with Crippen LogP contribution in [0.3, 0.4) is 0 Å². The molecule has 1 aliphatic carbocycles. The molecule has 3 N–H and O–H groups in total. The van der Waals surface area contributed by atoms with Crippen LogP contribution in [0.4, 0.5) is 0 Å². The van der Waals surface area contributed by atoms with Crippen molar-refractivity contribution in [2.45, 2.75) is 24.8 Å². The van der Waals surface area contributed by atoms with Gasteiger partial charge in [-0.2, -0.15) is 0 Å². The molecule has 1 saturated carbocycles. The van der Waals surface area contributed by atoms with Crippen molar-refractivity contribution < 1.29 is 15.3 Å². The van der Waals surface area contributed by atoms with E-state index in [0.717, 1.165) is 13.1 Å². The molecule has 0 aromatic carbocycles. The first kappa shape index (κ1) is 10.4. The molecule has 0 aromatic heterocycles. The van der Waals surface area contributed by atoms with E-state index in [-0.39, 0.29) is 19.8 Å². The summed E-state index contributed by atoms with van der Waals surface area (Å²) in [5.74, 6) is 0. The number of likely N-dealkylation sites (tertiary alicyclic amines) is 1. The first-order chi connectivity index (χ1) is 6.70. The minimum atomic E-state index is -0.791. The molecule has 1 aliphatic heterocycles. The summed E-state index contributed by atoms with van der Waals surface area (Å²) in [7, 11) is 0. The highest BCUT2D eigenvalue weighted by molar-refractivity contribution is 5.06. The quantitative estimate of drug-likeness (QED) is 0.556. The van der Waals surface area contributed by atoms with Gasteiger partial charge in [-0.3, -0.25) is 4.90 Å². The summed E-state index contributed by atoms with van der Waals surface area (Å²) in [5.41, 5.74) is -0.328. The number of rotatable bonds is 4. The summed E-state index contributed by atoms with van der Waals surface area (Å²) in [6.45, 7) is 1.34. The molecular weight excluding hydrogens is 182 g/mol. The third-order valence-electron chi connectivity index (χ3n) is 4.02. The molecule has 2 aliphatic rings. The lowest BCUT2D eigenvalue weighted by atomic mass is 9.62. The molecule has 0 atom stereocenters. The van der Waals surface area contributed by atoms with Crippen LogP contribution in [0.1, 0.15) is 19.3 Å². The molecule has 14 heavy (non-hydrogen) atoms. The van der Waals surface area contributed by atoms with Crippen LogP contribution in [0.25, 0.3) is 0 Å². The number of aliphatic hydroxyl groups excluding tert-OH is 3. The van der Waals surface area contributed by atoms with Crippen molar-refractivity contribution in [3.05, 3.63) is 0 Å². The topological polar surface area (TPSA) is 63.9 Å². The lowest BCUT2D eigenvalue weighted by molar-refractivity contribution is -0.158. The van der Waals surface area contributed by atoms with Gasteiger partial charge in [-0.15, -0.1) is 0 Å². The van der Waals surface area contributed by atoms with Crippen LogP contribution >= 0.6 is 0 Å². The fourth-order valence-electron chi connectivity index (χ4n) is 2.54. The van der Waals surface area contributed by atoms with Gasteiger partial charge < -0.3 is 15.3 Å². The largest absolute Gasteiger partial charge is 0.394 e. The molecule has 1 heterocycles. The highest BCUT2D eigenvalue weighted by Gasteiger charge is 2.53. The lowest BCUT2D eigenvalue weighted by Gasteiger charge is -2.61. The zero-order valence-corrected chi connectivity index (χ0v) is 8.45. The standard InChI is InChI=1S/C10H19NO3/c12-6-10(7-13,8-14)11-4-9(5-11)2-1-3-9/h12-14H,1-8H2. The second-order valence-corrected chi connectivity index (χ2v) is 4.91. The molecule has 82 valence electrons. The summed E-state index contributed by atoms with van der Waals surface area (Å²) in [6, 6.07) is 0. The van der Waals surface area contributed by atoms with Crippen molar-refractivity contribution in [1.82, 2.24) is 4.90 Å². The monoisotopic (exact) mass is 201 g/mol. The van der Waals surface area contributed by atoms with Gasteiger partial charge in [0.15, 0.2) is 0 Å². The predicted molar refractivity (Wildman–Crippen MR) is 51.8 cm³/mol. The van der Waals surface area contributed by atoms with Crippen LogP contribution in [-0.4, -0.2) is 58.7 Å². The molecule has 4 nitrogen and oxygen atoms in total. The molecule has 1 spiro atoms. The second-order valence-electron chi connectivity index (χ2n) is 4.91. The Morgan fingerprint density at radius 1 is 1.00 bits per heavy atom. The van der Waals surface area contributed by atoms with E-state index in [1.807, 2.05) is 4.90 Å². The average molecular weight is 201 g/mol. The molecule has 0 radical (unpaired) electrons. The van der Waals surface area contributed by atoms with Gasteiger partial charge in [0.1, 0.15) is 0 Å². The van der Waals surface area contributed by atoms with Crippen LogP contribution in [0.15, 0.2) is 0 Å². The third-order valence-corrected chi connectivity index (χ3v) is 4.02. The Morgan fingerprint density at radius 3 is 1.79 bits per heavy atom. The van der Waals surface area contributed by atoms with E-state index in [9.17, 15) is 15.3 Å². The number of nitrogens with zero attached hydrogens (tertiary/aromatic N) is 1. The fraction of sp³-hybridized carbons (Fsp3) is 1.00. The minimum absolute atomic E-state index is 0.171. The van der Waals surface area contributed by atoms with Crippen LogP contribution < -0.4 is 0 Å². The van der Waals surface area contributed by atoms with E-state index in [2.05, 4.69) is 0 Å². The van der Waals surface area contributed by atoms with Gasteiger partial charge in [-0.1, -0.05) is 6.42 Å². The molecule has 2 fully saturated rings. The van der Waals surface area contributed by atoms with Gasteiger partial charge in [0.2, 0.25) is 0 Å². The van der Waals surface area contributed by atoms with Gasteiger partial charge in [-0.25, -0.2) is 0 Å². The van der Waals surface area contributed by atoms with Gasteiger partial charge in [0.05, 0.1) is 25.4 Å². The lowest BCUT2D eigenvalue weighted by Crippen LogP contribution is -2.71. The highest BCUT2D eigenvalue weighted by Crippen LogP contribution is 2.50. The Morgan fingerprint density at radius 2 is 1.50 bits per heavy atom. The predicted octanol–water partition coefficient (Wildman–Crippen LogP) is -0.812. The highest BCUT2D eigenvalue weighted by atomic mass is 16.3. The molecule has 4 heteroatoms. The third kappa shape index (κ3) is 1.29. The molecule has 0 bridgehead atoms. The van der Waals surface area contributed by atoms with Crippen molar-refractivity contribution in [1.29, 1.82) is 0 Å². The van der Waals surface area contributed by atoms with Crippen molar-refractivity contribution in [2.75, 3.05) is 32.9 Å². The van der Waals surface area contributed by atoms with Gasteiger partial charge in [0, 0.05) is 13.1 Å². The second kappa shape index (κ2) is 3.45. The molecule has 2 rings (SSSR count). The van der Waals surface area contributed by atoms with E-state index >= 15 is 0 Å². The maximum atomic E-state index is 9.21. The number of aliphatic hydroxyl groups is 3.